The van der Waals surface area contributed by atoms with E-state index in [0.29, 0.717) is 12.8 Å². The van der Waals surface area contributed by atoms with E-state index in [-0.39, 0.29) is 47.0 Å². The second-order valence-electron chi connectivity index (χ2n) is 10.9. The Morgan fingerprint density at radius 3 is 2.40 bits per heavy atom. The Bertz CT molecular complexity index is 819. The molecule has 0 aromatic rings. The molecule has 8 atom stereocenters. The molecule has 4 aliphatic carbocycles. The Labute approximate surface area is 178 Å². The molecular weight excluding hydrogens is 384 g/mol. The van der Waals surface area contributed by atoms with Gasteiger partial charge in [-0.15, -0.1) is 0 Å². The maximum Gasteiger partial charge on any atom is 0.302 e. The third-order valence-corrected chi connectivity index (χ3v) is 9.17. The molecule has 0 heterocycles. The van der Waals surface area contributed by atoms with Crippen molar-refractivity contribution in [3.05, 3.63) is 12.2 Å². The van der Waals surface area contributed by atoms with E-state index in [9.17, 15) is 19.5 Å². The van der Waals surface area contributed by atoms with Crippen molar-refractivity contribution < 1.29 is 29.0 Å². The predicted molar refractivity (Wildman–Crippen MR) is 109 cm³/mol. The molecule has 4 rings (SSSR count). The lowest BCUT2D eigenvalue weighted by molar-refractivity contribution is -0.220. The van der Waals surface area contributed by atoms with Gasteiger partial charge in [0.25, 0.3) is 0 Å². The van der Waals surface area contributed by atoms with Gasteiger partial charge in [-0.2, -0.15) is 0 Å². The van der Waals surface area contributed by atoms with Gasteiger partial charge in [0.2, 0.25) is 0 Å². The summed E-state index contributed by atoms with van der Waals surface area (Å²) in [5, 5.41) is 10.9. The van der Waals surface area contributed by atoms with Gasteiger partial charge in [0.15, 0.2) is 0 Å². The van der Waals surface area contributed by atoms with E-state index in [0.717, 1.165) is 19.3 Å². The minimum absolute atomic E-state index is 0.0246. The molecule has 4 aliphatic rings. The second-order valence-corrected chi connectivity index (χ2v) is 10.9. The molecule has 0 radical (unpaired) electrons. The van der Waals surface area contributed by atoms with Crippen molar-refractivity contribution >= 4 is 17.7 Å². The molecule has 1 N–H and O–H groups in total. The predicted octanol–water partition coefficient (Wildman–Crippen LogP) is 3.21. The van der Waals surface area contributed by atoms with Crippen LogP contribution < -0.4 is 0 Å². The van der Waals surface area contributed by atoms with Gasteiger partial charge in [0.05, 0.1) is 18.1 Å². The van der Waals surface area contributed by atoms with Crippen LogP contribution in [0.5, 0.6) is 0 Å². The summed E-state index contributed by atoms with van der Waals surface area (Å²) in [5.74, 6) is -0.724. The molecule has 0 unspecified atom stereocenters. The zero-order valence-electron chi connectivity index (χ0n) is 18.7. The van der Waals surface area contributed by atoms with Crippen molar-refractivity contribution in [2.24, 2.45) is 33.5 Å². The number of aliphatic hydroxyl groups is 1. The molecule has 0 aromatic heterocycles. The summed E-state index contributed by atoms with van der Waals surface area (Å²) >= 11 is 0. The topological polar surface area (TPSA) is 89.9 Å². The van der Waals surface area contributed by atoms with Crippen molar-refractivity contribution in [1.29, 1.82) is 0 Å². The highest BCUT2D eigenvalue weighted by molar-refractivity contribution is 5.91. The number of rotatable bonds is 3. The number of esters is 2. The van der Waals surface area contributed by atoms with Crippen LogP contribution in [-0.2, 0) is 23.9 Å². The second kappa shape index (κ2) is 6.65. The van der Waals surface area contributed by atoms with Crippen LogP contribution >= 0.6 is 0 Å². The van der Waals surface area contributed by atoms with Crippen molar-refractivity contribution in [3.8, 4) is 0 Å². The molecule has 0 saturated heterocycles. The molecule has 6 nitrogen and oxygen atoms in total. The maximum absolute atomic E-state index is 13.8. The summed E-state index contributed by atoms with van der Waals surface area (Å²) in [6.45, 7) is 9.15. The highest BCUT2D eigenvalue weighted by Crippen LogP contribution is 2.71. The average molecular weight is 419 g/mol. The molecule has 3 fully saturated rings. The number of carbonyl (C=O) groups is 3. The van der Waals surface area contributed by atoms with Gasteiger partial charge in [-0.05, 0) is 42.9 Å². The number of hydrogen-bond acceptors (Lipinski definition) is 6. The fourth-order valence-electron chi connectivity index (χ4n) is 7.60. The lowest BCUT2D eigenvalue weighted by Gasteiger charge is -2.65. The lowest BCUT2D eigenvalue weighted by atomic mass is 9.39. The van der Waals surface area contributed by atoms with E-state index in [1.54, 1.807) is 0 Å². The Kier molecular flexibility index (Phi) is 4.78. The Morgan fingerprint density at radius 2 is 1.77 bits per heavy atom. The normalized spacial score (nSPS) is 49.2. The van der Waals surface area contributed by atoms with Gasteiger partial charge in [-0.25, -0.2) is 0 Å². The summed E-state index contributed by atoms with van der Waals surface area (Å²) in [5.41, 5.74) is -2.03. The van der Waals surface area contributed by atoms with Crippen LogP contribution in [0.3, 0.4) is 0 Å². The minimum atomic E-state index is -0.797. The van der Waals surface area contributed by atoms with Crippen molar-refractivity contribution in [3.63, 3.8) is 0 Å². The van der Waals surface area contributed by atoms with Gasteiger partial charge in [0, 0.05) is 31.1 Å². The number of hydrogen-bond donors (Lipinski definition) is 1. The van der Waals surface area contributed by atoms with Gasteiger partial charge >= 0.3 is 11.9 Å². The fourth-order valence-corrected chi connectivity index (χ4v) is 7.60. The summed E-state index contributed by atoms with van der Waals surface area (Å²) in [6.07, 6.45) is 6.45. The standard InChI is InChI=1S/C24H34O6/c1-14(25)29-13-23(5)17-12-19(28)24-11-10-21(3,20(24)30-15(2)26)8-6-16(24)22(17,4)9-7-18(23)27/h10-11,16-18,20,27H,6-9,12-13H2,1-5H3/t16-,17-,18+,20-,21+,22-,23+,24+/m0/s1. The smallest absolute Gasteiger partial charge is 0.302 e. The summed E-state index contributed by atoms with van der Waals surface area (Å²) in [6, 6.07) is 0. The van der Waals surface area contributed by atoms with E-state index in [2.05, 4.69) is 19.9 Å². The molecule has 1 spiro atoms. The molecule has 2 bridgehead atoms. The minimum Gasteiger partial charge on any atom is -0.465 e. The quantitative estimate of drug-likeness (QED) is 0.559. The van der Waals surface area contributed by atoms with Crippen molar-refractivity contribution in [2.75, 3.05) is 6.61 Å². The van der Waals surface area contributed by atoms with Gasteiger partial charge < -0.3 is 14.6 Å². The number of carbonyl (C=O) groups excluding carboxylic acids is 3. The molecule has 0 aliphatic heterocycles. The number of aliphatic hydroxyl groups excluding tert-OH is 1. The van der Waals surface area contributed by atoms with Crippen LogP contribution in [0.25, 0.3) is 0 Å². The first-order valence-corrected chi connectivity index (χ1v) is 11.1. The Balaban J connectivity index is 1.78. The summed E-state index contributed by atoms with van der Waals surface area (Å²) in [7, 11) is 0. The molecular formula is C24H34O6. The van der Waals surface area contributed by atoms with Gasteiger partial charge in [-0.3, -0.25) is 14.4 Å². The van der Waals surface area contributed by atoms with Crippen LogP contribution in [0.2, 0.25) is 0 Å². The van der Waals surface area contributed by atoms with Gasteiger partial charge in [0.1, 0.15) is 11.9 Å². The van der Waals surface area contributed by atoms with Crippen molar-refractivity contribution in [1.82, 2.24) is 0 Å². The summed E-state index contributed by atoms with van der Waals surface area (Å²) < 4.78 is 11.2. The highest BCUT2D eigenvalue weighted by Gasteiger charge is 2.72. The zero-order chi connectivity index (χ0) is 22.1. The number of Topliss-reactive ketones (excluding diaryl/α,β-unsaturated/α-hetero) is 1. The van der Waals surface area contributed by atoms with E-state index < -0.39 is 23.0 Å². The number of fused-ring (bicyclic) bond motifs is 3. The number of ketones is 1. The molecule has 166 valence electrons. The zero-order valence-corrected chi connectivity index (χ0v) is 18.7. The maximum atomic E-state index is 13.8. The largest absolute Gasteiger partial charge is 0.465 e. The highest BCUT2D eigenvalue weighted by atomic mass is 16.5. The Morgan fingerprint density at radius 1 is 1.07 bits per heavy atom. The fraction of sp³-hybridized carbons (Fsp3) is 0.792. The Hall–Kier alpha value is -1.69. The number of ether oxygens (including phenoxy) is 2. The molecule has 6 heteroatoms. The monoisotopic (exact) mass is 418 g/mol. The first-order valence-electron chi connectivity index (χ1n) is 11.1. The van der Waals surface area contributed by atoms with Crippen LogP contribution in [0.1, 0.15) is 66.7 Å². The summed E-state index contributed by atoms with van der Waals surface area (Å²) in [4.78, 5) is 37.3. The molecule has 3 saturated carbocycles. The van der Waals surface area contributed by atoms with E-state index in [4.69, 9.17) is 9.47 Å². The SMILES string of the molecule is CC(=O)OC[C@]1(C)[C@H]2CC(=O)[C@@]34C=C[C@@](C)(CC[C@H]3[C@]2(C)CC[C@H]1O)[C@@H]4OC(C)=O. The third-order valence-electron chi connectivity index (χ3n) is 9.17. The van der Waals surface area contributed by atoms with Crippen molar-refractivity contribution in [2.45, 2.75) is 78.9 Å². The van der Waals surface area contributed by atoms with Crippen LogP contribution in [0, 0.1) is 33.5 Å². The molecule has 30 heavy (non-hydrogen) atoms. The van der Waals surface area contributed by atoms with Crippen LogP contribution in [0.4, 0.5) is 0 Å². The van der Waals surface area contributed by atoms with E-state index >= 15 is 0 Å². The first-order chi connectivity index (χ1) is 13.9. The molecule has 0 amide bonds. The van der Waals surface area contributed by atoms with Crippen LogP contribution in [0.15, 0.2) is 12.2 Å². The van der Waals surface area contributed by atoms with E-state index in [1.807, 2.05) is 13.0 Å². The third kappa shape index (κ3) is 2.68. The van der Waals surface area contributed by atoms with Gasteiger partial charge in [-0.1, -0.05) is 32.9 Å². The molecule has 0 aromatic carbocycles. The average Bonchev–Trinajstić information content (AvgIpc) is 2.83. The lowest BCUT2D eigenvalue weighted by Crippen LogP contribution is -2.68. The van der Waals surface area contributed by atoms with E-state index in [1.165, 1.54) is 13.8 Å². The van der Waals surface area contributed by atoms with Crippen LogP contribution in [-0.4, -0.2) is 41.6 Å². The first kappa shape index (κ1) is 21.5.